The van der Waals surface area contributed by atoms with E-state index in [1.54, 1.807) is 0 Å². The van der Waals surface area contributed by atoms with Crippen LogP contribution in [0.5, 0.6) is 0 Å². The van der Waals surface area contributed by atoms with Crippen molar-refractivity contribution in [3.63, 3.8) is 0 Å². The van der Waals surface area contributed by atoms with E-state index in [1.165, 1.54) is 25.7 Å². The lowest BCUT2D eigenvalue weighted by Crippen LogP contribution is -2.42. The summed E-state index contributed by atoms with van der Waals surface area (Å²) in [5.74, 6) is 1.76. The van der Waals surface area contributed by atoms with Crippen LogP contribution in [0.4, 0.5) is 0 Å². The minimum Gasteiger partial charge on any atom is -0.321 e. The van der Waals surface area contributed by atoms with Gasteiger partial charge in [-0.3, -0.25) is 4.79 Å². The molecular weight excluding hydrogens is 150 g/mol. The molecule has 0 saturated heterocycles. The van der Waals surface area contributed by atoms with Gasteiger partial charge < -0.3 is 5.73 Å². The molecule has 2 nitrogen and oxygen atoms in total. The number of nitrogens with two attached hydrogens (primary N) is 1. The van der Waals surface area contributed by atoms with Gasteiger partial charge in [0.15, 0.2) is 0 Å². The third-order valence-electron chi connectivity index (χ3n) is 3.50. The first-order valence-corrected chi connectivity index (χ1v) is 5.05. The highest BCUT2D eigenvalue weighted by molar-refractivity contribution is 5.84. The van der Waals surface area contributed by atoms with Gasteiger partial charge in [0, 0.05) is 6.42 Å². The summed E-state index contributed by atoms with van der Waals surface area (Å²) < 4.78 is 0. The van der Waals surface area contributed by atoms with Crippen molar-refractivity contribution in [1.29, 1.82) is 0 Å². The van der Waals surface area contributed by atoms with Crippen molar-refractivity contribution < 1.29 is 4.79 Å². The molecule has 68 valence electrons. The van der Waals surface area contributed by atoms with Crippen molar-refractivity contribution >= 4 is 5.78 Å². The average Bonchev–Trinajstić information content (AvgIpc) is 2.07. The number of carbonyl (C=O) groups excluding carboxylic acids is 1. The van der Waals surface area contributed by atoms with E-state index in [-0.39, 0.29) is 6.04 Å². The van der Waals surface area contributed by atoms with E-state index in [0.29, 0.717) is 11.7 Å². The third-order valence-corrected chi connectivity index (χ3v) is 3.50. The minimum atomic E-state index is -0.135. The van der Waals surface area contributed by atoms with E-state index in [9.17, 15) is 4.79 Å². The lowest BCUT2D eigenvalue weighted by molar-refractivity contribution is -0.124. The van der Waals surface area contributed by atoms with Gasteiger partial charge in [-0.2, -0.15) is 0 Å². The Morgan fingerprint density at radius 2 is 1.83 bits per heavy atom. The number of hydrogen-bond donors (Lipinski definition) is 1. The van der Waals surface area contributed by atoms with Crippen LogP contribution in [-0.2, 0) is 4.79 Å². The Hall–Kier alpha value is -0.370. The Morgan fingerprint density at radius 1 is 1.17 bits per heavy atom. The van der Waals surface area contributed by atoms with Gasteiger partial charge in [0.2, 0.25) is 0 Å². The molecule has 2 heteroatoms. The number of Topliss-reactive ketones (excluding diaryl/α,β-unsaturated/α-hetero) is 1. The molecule has 2 aliphatic carbocycles. The van der Waals surface area contributed by atoms with E-state index in [2.05, 4.69) is 0 Å². The van der Waals surface area contributed by atoms with Crippen LogP contribution in [0.25, 0.3) is 0 Å². The highest BCUT2D eigenvalue weighted by Gasteiger charge is 2.35. The smallest absolute Gasteiger partial charge is 0.149 e. The van der Waals surface area contributed by atoms with Crippen molar-refractivity contribution in [3.05, 3.63) is 0 Å². The zero-order chi connectivity index (χ0) is 8.55. The van der Waals surface area contributed by atoms with Gasteiger partial charge in [0.25, 0.3) is 0 Å². The zero-order valence-corrected chi connectivity index (χ0v) is 7.46. The van der Waals surface area contributed by atoms with Gasteiger partial charge in [-0.05, 0) is 24.7 Å². The van der Waals surface area contributed by atoms with Crippen molar-refractivity contribution in [3.8, 4) is 0 Å². The SMILES string of the molecule is N[C@H]1C[C@@H]2CCCC[C@@H]2CC1=O. The Kier molecular flexibility index (Phi) is 2.18. The molecule has 0 amide bonds. The highest BCUT2D eigenvalue weighted by Crippen LogP contribution is 2.38. The molecule has 0 radical (unpaired) electrons. The second-order valence-corrected chi connectivity index (χ2v) is 4.32. The average molecular weight is 167 g/mol. The summed E-state index contributed by atoms with van der Waals surface area (Å²) >= 11 is 0. The van der Waals surface area contributed by atoms with Crippen LogP contribution < -0.4 is 5.73 Å². The van der Waals surface area contributed by atoms with Crippen molar-refractivity contribution in [2.24, 2.45) is 17.6 Å². The normalized spacial score (nSPS) is 42.4. The number of fused-ring (bicyclic) bond motifs is 1. The summed E-state index contributed by atoms with van der Waals surface area (Å²) in [6.45, 7) is 0. The molecule has 0 unspecified atom stereocenters. The van der Waals surface area contributed by atoms with Crippen LogP contribution in [0, 0.1) is 11.8 Å². The quantitative estimate of drug-likeness (QED) is 0.594. The molecule has 2 rings (SSSR count). The van der Waals surface area contributed by atoms with E-state index < -0.39 is 0 Å². The van der Waals surface area contributed by atoms with Crippen LogP contribution in [0.15, 0.2) is 0 Å². The van der Waals surface area contributed by atoms with Crippen molar-refractivity contribution in [2.75, 3.05) is 0 Å². The number of carbonyl (C=O) groups is 1. The van der Waals surface area contributed by atoms with Crippen molar-refractivity contribution in [1.82, 2.24) is 0 Å². The standard InChI is InChI=1S/C10H17NO/c11-9-5-7-3-1-2-4-8(7)6-10(9)12/h7-9H,1-6,11H2/t7-,8+,9-/m0/s1. The molecule has 2 N–H and O–H groups in total. The molecule has 2 fully saturated rings. The molecule has 0 aliphatic heterocycles. The molecule has 12 heavy (non-hydrogen) atoms. The predicted molar refractivity (Wildman–Crippen MR) is 47.7 cm³/mol. The Morgan fingerprint density at radius 3 is 2.58 bits per heavy atom. The summed E-state index contributed by atoms with van der Waals surface area (Å²) in [4.78, 5) is 11.3. The van der Waals surface area contributed by atoms with Gasteiger partial charge in [-0.15, -0.1) is 0 Å². The summed E-state index contributed by atoms with van der Waals surface area (Å²) in [5, 5.41) is 0. The summed E-state index contributed by atoms with van der Waals surface area (Å²) in [6.07, 6.45) is 6.98. The van der Waals surface area contributed by atoms with Gasteiger partial charge in [-0.25, -0.2) is 0 Å². The van der Waals surface area contributed by atoms with Crippen LogP contribution in [0.2, 0.25) is 0 Å². The first-order chi connectivity index (χ1) is 5.77. The van der Waals surface area contributed by atoms with Gasteiger partial charge in [0.1, 0.15) is 5.78 Å². The molecule has 0 spiro atoms. The largest absolute Gasteiger partial charge is 0.321 e. The maximum atomic E-state index is 11.3. The molecule has 0 bridgehead atoms. The van der Waals surface area contributed by atoms with Crippen LogP contribution in [0.3, 0.4) is 0 Å². The molecule has 2 aliphatic rings. The minimum absolute atomic E-state index is 0.135. The van der Waals surface area contributed by atoms with E-state index in [1.807, 2.05) is 0 Å². The summed E-state index contributed by atoms with van der Waals surface area (Å²) in [6, 6.07) is -0.135. The maximum Gasteiger partial charge on any atom is 0.149 e. The molecular formula is C10H17NO. The van der Waals surface area contributed by atoms with Crippen molar-refractivity contribution in [2.45, 2.75) is 44.6 Å². The number of hydrogen-bond acceptors (Lipinski definition) is 2. The highest BCUT2D eigenvalue weighted by atomic mass is 16.1. The lowest BCUT2D eigenvalue weighted by Gasteiger charge is -2.37. The fourth-order valence-electron chi connectivity index (χ4n) is 2.73. The first kappa shape index (κ1) is 8.24. The summed E-state index contributed by atoms with van der Waals surface area (Å²) in [7, 11) is 0. The molecule has 0 heterocycles. The fourth-order valence-corrected chi connectivity index (χ4v) is 2.73. The van der Waals surface area contributed by atoms with E-state index >= 15 is 0 Å². The number of ketones is 1. The summed E-state index contributed by atoms with van der Waals surface area (Å²) in [5.41, 5.74) is 5.74. The van der Waals surface area contributed by atoms with E-state index in [4.69, 9.17) is 5.73 Å². The predicted octanol–water partition coefficient (Wildman–Crippen LogP) is 1.48. The van der Waals surface area contributed by atoms with Crippen LogP contribution in [-0.4, -0.2) is 11.8 Å². The zero-order valence-electron chi connectivity index (χ0n) is 7.46. The van der Waals surface area contributed by atoms with E-state index in [0.717, 1.165) is 18.8 Å². The van der Waals surface area contributed by atoms with Gasteiger partial charge >= 0.3 is 0 Å². The molecule has 2 saturated carbocycles. The fraction of sp³-hybridized carbons (Fsp3) is 0.900. The topological polar surface area (TPSA) is 43.1 Å². The molecule has 0 aromatic carbocycles. The number of rotatable bonds is 0. The monoisotopic (exact) mass is 167 g/mol. The Labute approximate surface area is 73.5 Å². The van der Waals surface area contributed by atoms with Crippen LogP contribution in [0.1, 0.15) is 38.5 Å². The second-order valence-electron chi connectivity index (χ2n) is 4.32. The van der Waals surface area contributed by atoms with Crippen LogP contribution >= 0.6 is 0 Å². The first-order valence-electron chi connectivity index (χ1n) is 5.05. The Balaban J connectivity index is 2.02. The molecule has 0 aromatic rings. The second kappa shape index (κ2) is 3.17. The van der Waals surface area contributed by atoms with Gasteiger partial charge in [-0.1, -0.05) is 19.3 Å². The molecule has 3 atom stereocenters. The lowest BCUT2D eigenvalue weighted by atomic mass is 9.69. The third kappa shape index (κ3) is 1.40. The molecule has 0 aromatic heterocycles. The maximum absolute atomic E-state index is 11.3. The van der Waals surface area contributed by atoms with Gasteiger partial charge in [0.05, 0.1) is 6.04 Å². The Bertz CT molecular complexity index is 190.